The van der Waals surface area contributed by atoms with E-state index in [9.17, 15) is 8.42 Å². The number of anilines is 2. The third-order valence-corrected chi connectivity index (χ3v) is 9.31. The fourth-order valence-corrected chi connectivity index (χ4v) is 6.88. The van der Waals surface area contributed by atoms with Crippen molar-refractivity contribution in [3.63, 3.8) is 0 Å². The van der Waals surface area contributed by atoms with Crippen LogP contribution in [0.3, 0.4) is 0 Å². The van der Waals surface area contributed by atoms with Gasteiger partial charge in [-0.3, -0.25) is 0 Å². The normalized spacial score (nSPS) is 12.2. The Morgan fingerprint density at radius 1 is 1.13 bits per heavy atom. The van der Waals surface area contributed by atoms with Crippen molar-refractivity contribution in [3.8, 4) is 11.5 Å². The highest BCUT2D eigenvalue weighted by Gasteiger charge is 2.32. The summed E-state index contributed by atoms with van der Waals surface area (Å²) in [6.07, 6.45) is 2.20. The van der Waals surface area contributed by atoms with E-state index in [1.807, 2.05) is 38.1 Å². The lowest BCUT2D eigenvalue weighted by atomic mass is 9.99. The molecule has 0 saturated carbocycles. The number of thiazole rings is 1. The van der Waals surface area contributed by atoms with Gasteiger partial charge in [0.2, 0.25) is 0 Å². The Kier molecular flexibility index (Phi) is 8.99. The van der Waals surface area contributed by atoms with Crippen LogP contribution in [0.4, 0.5) is 15.2 Å². The van der Waals surface area contributed by atoms with Crippen molar-refractivity contribution in [1.29, 1.82) is 0 Å². The SMILES string of the molecule is CC[C@H](Nc1cc(F)c(S(=O)(=O)N(Cc2ccc(OC)cc2OC)c2nccs2)cc1Cl)c1ccccc1C. The van der Waals surface area contributed by atoms with Crippen LogP contribution in [0, 0.1) is 12.7 Å². The molecule has 0 bridgehead atoms. The number of nitrogens with one attached hydrogen (secondary N) is 1. The number of hydrogen-bond donors (Lipinski definition) is 1. The molecule has 0 radical (unpaired) electrons. The number of methoxy groups -OCH3 is 2. The number of benzene rings is 3. The molecule has 7 nitrogen and oxygen atoms in total. The van der Waals surface area contributed by atoms with Gasteiger partial charge < -0.3 is 14.8 Å². The molecule has 4 rings (SSSR count). The smallest absolute Gasteiger partial charge is 0.269 e. The monoisotopic (exact) mass is 589 g/mol. The molecule has 0 amide bonds. The molecule has 206 valence electrons. The van der Waals surface area contributed by atoms with Crippen molar-refractivity contribution < 1.29 is 22.3 Å². The minimum absolute atomic E-state index is 0.0862. The number of halogens is 2. The van der Waals surface area contributed by atoms with Crippen molar-refractivity contribution in [1.82, 2.24) is 4.98 Å². The third kappa shape index (κ3) is 6.13. The Balaban J connectivity index is 1.72. The molecular formula is C28H29ClFN3O4S2. The molecule has 0 aliphatic heterocycles. The van der Waals surface area contributed by atoms with Crippen LogP contribution in [-0.2, 0) is 16.6 Å². The van der Waals surface area contributed by atoms with Crippen LogP contribution >= 0.6 is 22.9 Å². The number of sulfonamides is 1. The molecule has 0 unspecified atom stereocenters. The van der Waals surface area contributed by atoms with Gasteiger partial charge in [-0.05, 0) is 48.7 Å². The number of aryl methyl sites for hydroxylation is 1. The van der Waals surface area contributed by atoms with E-state index in [0.717, 1.165) is 38.9 Å². The Morgan fingerprint density at radius 2 is 1.90 bits per heavy atom. The van der Waals surface area contributed by atoms with Gasteiger partial charge in [-0.25, -0.2) is 22.1 Å². The van der Waals surface area contributed by atoms with Gasteiger partial charge in [0, 0.05) is 23.2 Å². The van der Waals surface area contributed by atoms with Crippen LogP contribution in [-0.4, -0.2) is 27.6 Å². The summed E-state index contributed by atoms with van der Waals surface area (Å²) in [5.41, 5.74) is 2.99. The number of aromatic nitrogens is 1. The van der Waals surface area contributed by atoms with Crippen molar-refractivity contribution >= 4 is 43.8 Å². The predicted octanol–water partition coefficient (Wildman–Crippen LogP) is 7.22. The second-order valence-corrected chi connectivity index (χ2v) is 11.8. The van der Waals surface area contributed by atoms with Crippen molar-refractivity contribution in [3.05, 3.63) is 93.7 Å². The molecule has 3 aromatic carbocycles. The fraction of sp³-hybridized carbons (Fsp3) is 0.250. The summed E-state index contributed by atoms with van der Waals surface area (Å²) in [5, 5.41) is 5.19. The molecule has 0 fully saturated rings. The second-order valence-electron chi connectivity index (χ2n) is 8.73. The summed E-state index contributed by atoms with van der Waals surface area (Å²) in [7, 11) is -1.42. The quantitative estimate of drug-likeness (QED) is 0.199. The number of rotatable bonds is 11. The van der Waals surface area contributed by atoms with E-state index in [0.29, 0.717) is 29.2 Å². The van der Waals surface area contributed by atoms with Crippen LogP contribution in [0.1, 0.15) is 36.1 Å². The first kappa shape index (κ1) is 28.7. The standard InChI is InChI=1S/C28H29ClFN3O4S2/c1-5-24(21-9-7-6-8-18(21)2)32-25-16-23(30)27(15-22(25)29)39(34,35)33(28-31-12-13-38-28)17-19-10-11-20(36-3)14-26(19)37-4/h6-16,24,32H,5,17H2,1-4H3/t24-/m0/s1. The molecule has 0 aliphatic rings. The zero-order chi connectivity index (χ0) is 28.2. The Hall–Kier alpha value is -3.34. The summed E-state index contributed by atoms with van der Waals surface area (Å²) in [6.45, 7) is 3.86. The number of nitrogens with zero attached hydrogens (tertiary/aromatic N) is 2. The molecule has 1 aromatic heterocycles. The van der Waals surface area contributed by atoms with E-state index in [2.05, 4.69) is 10.3 Å². The van der Waals surface area contributed by atoms with E-state index < -0.39 is 20.7 Å². The van der Waals surface area contributed by atoms with Crippen molar-refractivity contribution in [2.45, 2.75) is 37.8 Å². The lowest BCUT2D eigenvalue weighted by molar-refractivity contribution is 0.391. The minimum Gasteiger partial charge on any atom is -0.497 e. The molecule has 1 atom stereocenters. The third-order valence-electron chi connectivity index (χ3n) is 6.33. The highest BCUT2D eigenvalue weighted by molar-refractivity contribution is 7.93. The molecule has 0 spiro atoms. The van der Waals surface area contributed by atoms with Gasteiger partial charge in [-0.1, -0.05) is 42.8 Å². The Labute approximate surface area is 237 Å². The van der Waals surface area contributed by atoms with E-state index >= 15 is 4.39 Å². The summed E-state index contributed by atoms with van der Waals surface area (Å²) < 4.78 is 55.1. The average Bonchev–Trinajstić information content (AvgIpc) is 3.46. The van der Waals surface area contributed by atoms with E-state index in [4.69, 9.17) is 21.1 Å². The van der Waals surface area contributed by atoms with Crippen LogP contribution in [0.15, 0.2) is 71.1 Å². The Bertz CT molecular complexity index is 1550. The number of ether oxygens (including phenoxy) is 2. The van der Waals surface area contributed by atoms with Gasteiger partial charge >= 0.3 is 0 Å². The van der Waals surface area contributed by atoms with Crippen molar-refractivity contribution in [2.75, 3.05) is 23.8 Å². The van der Waals surface area contributed by atoms with Crippen LogP contribution in [0.5, 0.6) is 11.5 Å². The lowest BCUT2D eigenvalue weighted by Crippen LogP contribution is -2.31. The molecule has 1 N–H and O–H groups in total. The van der Waals surface area contributed by atoms with E-state index in [1.54, 1.807) is 23.6 Å². The van der Waals surface area contributed by atoms with Gasteiger partial charge in [-0.2, -0.15) is 0 Å². The lowest BCUT2D eigenvalue weighted by Gasteiger charge is -2.25. The van der Waals surface area contributed by atoms with E-state index in [-0.39, 0.29) is 22.7 Å². The molecule has 11 heteroatoms. The predicted molar refractivity (Wildman–Crippen MR) is 154 cm³/mol. The van der Waals surface area contributed by atoms with Crippen LogP contribution in [0.2, 0.25) is 5.02 Å². The van der Waals surface area contributed by atoms with Crippen LogP contribution < -0.4 is 19.1 Å². The van der Waals surface area contributed by atoms with E-state index in [1.165, 1.54) is 20.4 Å². The Morgan fingerprint density at radius 3 is 2.54 bits per heavy atom. The zero-order valence-corrected chi connectivity index (χ0v) is 24.3. The zero-order valence-electron chi connectivity index (χ0n) is 21.9. The van der Waals surface area contributed by atoms with Gasteiger partial charge in [-0.15, -0.1) is 11.3 Å². The molecule has 39 heavy (non-hydrogen) atoms. The van der Waals surface area contributed by atoms with Gasteiger partial charge in [0.05, 0.1) is 37.5 Å². The average molecular weight is 590 g/mol. The summed E-state index contributed by atoms with van der Waals surface area (Å²) in [5.74, 6) is 0.0482. The fourth-order valence-electron chi connectivity index (χ4n) is 4.25. The highest BCUT2D eigenvalue weighted by atomic mass is 35.5. The highest BCUT2D eigenvalue weighted by Crippen LogP contribution is 2.36. The molecule has 0 aliphatic carbocycles. The summed E-state index contributed by atoms with van der Waals surface area (Å²) in [6, 6.07) is 15.1. The topological polar surface area (TPSA) is 80.8 Å². The maximum Gasteiger partial charge on any atom is 0.269 e. The maximum absolute atomic E-state index is 15.6. The van der Waals surface area contributed by atoms with Crippen molar-refractivity contribution in [2.24, 2.45) is 0 Å². The molecule has 1 heterocycles. The minimum atomic E-state index is -4.42. The number of hydrogen-bond acceptors (Lipinski definition) is 7. The first-order valence-corrected chi connectivity index (χ1v) is 14.8. The molecular weight excluding hydrogens is 561 g/mol. The summed E-state index contributed by atoms with van der Waals surface area (Å²) in [4.78, 5) is 3.64. The maximum atomic E-state index is 15.6. The second kappa shape index (κ2) is 12.2. The van der Waals surface area contributed by atoms with Gasteiger partial charge in [0.15, 0.2) is 5.13 Å². The first-order chi connectivity index (χ1) is 18.7. The summed E-state index contributed by atoms with van der Waals surface area (Å²) >= 11 is 7.67. The van der Waals surface area contributed by atoms with Crippen LogP contribution in [0.25, 0.3) is 0 Å². The molecule has 0 saturated heterocycles. The van der Waals surface area contributed by atoms with Gasteiger partial charge in [0.25, 0.3) is 10.0 Å². The van der Waals surface area contributed by atoms with Gasteiger partial charge in [0.1, 0.15) is 22.2 Å². The molecule has 4 aromatic rings. The first-order valence-electron chi connectivity index (χ1n) is 12.1. The largest absolute Gasteiger partial charge is 0.497 e.